The first kappa shape index (κ1) is 10.3. The maximum Gasteiger partial charge on any atom is 0.163 e. The molecule has 2 heteroatoms. The molecule has 1 aromatic carbocycles. The zero-order valence-corrected chi connectivity index (χ0v) is 8.54. The van der Waals surface area contributed by atoms with Crippen LogP contribution in [0.3, 0.4) is 0 Å². The molecule has 0 atom stereocenters. The second-order valence-electron chi connectivity index (χ2n) is 3.05. The fourth-order valence-corrected chi connectivity index (χ4v) is 1.17. The lowest BCUT2D eigenvalue weighted by atomic mass is 10.2. The van der Waals surface area contributed by atoms with Crippen molar-refractivity contribution < 1.29 is 0 Å². The molecule has 0 saturated heterocycles. The lowest BCUT2D eigenvalue weighted by Gasteiger charge is -2.02. The van der Waals surface area contributed by atoms with E-state index in [-0.39, 0.29) is 0 Å². The number of nitrogens with zero attached hydrogens (tertiary/aromatic N) is 1. The summed E-state index contributed by atoms with van der Waals surface area (Å²) in [5.41, 5.74) is 2.89. The zero-order chi connectivity index (χ0) is 10.4. The second kappa shape index (κ2) is 5.08. The zero-order valence-electron chi connectivity index (χ0n) is 8.54. The van der Waals surface area contributed by atoms with E-state index in [1.165, 1.54) is 0 Å². The minimum Gasteiger partial charge on any atom is -0.385 e. The standard InChI is InChI=1S/C12H14N2/c1-4-14-12-7-5-11(6-8-12)9-10(2)13-3/h5-9,14H,4H2,1-2H3/b10-9-. The summed E-state index contributed by atoms with van der Waals surface area (Å²) in [4.78, 5) is 3.34. The normalized spacial score (nSPS) is 10.8. The number of rotatable bonds is 3. The molecule has 0 heterocycles. The fourth-order valence-electron chi connectivity index (χ4n) is 1.17. The van der Waals surface area contributed by atoms with E-state index in [1.54, 1.807) is 0 Å². The van der Waals surface area contributed by atoms with Crippen molar-refractivity contribution in [2.45, 2.75) is 13.8 Å². The Hall–Kier alpha value is -1.75. The van der Waals surface area contributed by atoms with Crippen LogP contribution in [0.15, 0.2) is 30.0 Å². The molecule has 2 nitrogen and oxygen atoms in total. The third kappa shape index (κ3) is 2.95. The Morgan fingerprint density at radius 1 is 1.43 bits per heavy atom. The predicted octanol–water partition coefficient (Wildman–Crippen LogP) is 3.40. The Morgan fingerprint density at radius 2 is 2.07 bits per heavy atom. The van der Waals surface area contributed by atoms with Crippen LogP contribution in [0.25, 0.3) is 10.9 Å². The number of hydrogen-bond donors (Lipinski definition) is 1. The maximum absolute atomic E-state index is 6.81. The van der Waals surface area contributed by atoms with Gasteiger partial charge in [-0.25, -0.2) is 4.85 Å². The van der Waals surface area contributed by atoms with Gasteiger partial charge in [0.05, 0.1) is 6.57 Å². The number of benzene rings is 1. The Balaban J connectivity index is 2.79. The monoisotopic (exact) mass is 186 g/mol. The van der Waals surface area contributed by atoms with Crippen LogP contribution < -0.4 is 5.32 Å². The molecule has 1 rings (SSSR count). The van der Waals surface area contributed by atoms with Gasteiger partial charge in [0.25, 0.3) is 0 Å². The van der Waals surface area contributed by atoms with E-state index in [0.717, 1.165) is 17.8 Å². The molecule has 1 N–H and O–H groups in total. The van der Waals surface area contributed by atoms with Gasteiger partial charge >= 0.3 is 0 Å². The van der Waals surface area contributed by atoms with Crippen LogP contribution in [0.4, 0.5) is 5.69 Å². The Labute approximate surface area is 85.1 Å². The van der Waals surface area contributed by atoms with Crippen molar-refractivity contribution in [3.05, 3.63) is 46.9 Å². The van der Waals surface area contributed by atoms with Gasteiger partial charge in [-0.15, -0.1) is 0 Å². The summed E-state index contributed by atoms with van der Waals surface area (Å²) in [6, 6.07) is 8.05. The average molecular weight is 186 g/mol. The smallest absolute Gasteiger partial charge is 0.163 e. The Bertz CT molecular complexity index is 355. The van der Waals surface area contributed by atoms with Gasteiger partial charge in [-0.1, -0.05) is 18.2 Å². The average Bonchev–Trinajstić information content (AvgIpc) is 2.21. The molecule has 0 aliphatic heterocycles. The van der Waals surface area contributed by atoms with E-state index in [1.807, 2.05) is 37.3 Å². The lowest BCUT2D eigenvalue weighted by Crippen LogP contribution is -1.95. The van der Waals surface area contributed by atoms with E-state index in [0.29, 0.717) is 5.70 Å². The van der Waals surface area contributed by atoms with Gasteiger partial charge in [-0.05, 0) is 31.5 Å². The highest BCUT2D eigenvalue weighted by atomic mass is 14.8. The van der Waals surface area contributed by atoms with Crippen LogP contribution >= 0.6 is 0 Å². The van der Waals surface area contributed by atoms with Crippen LogP contribution in [0, 0.1) is 6.57 Å². The first-order valence-electron chi connectivity index (χ1n) is 4.66. The molecule has 1 aromatic rings. The third-order valence-electron chi connectivity index (χ3n) is 1.84. The molecular weight excluding hydrogens is 172 g/mol. The summed E-state index contributed by atoms with van der Waals surface area (Å²) in [5, 5.41) is 3.22. The number of anilines is 1. The summed E-state index contributed by atoms with van der Waals surface area (Å²) < 4.78 is 0. The summed E-state index contributed by atoms with van der Waals surface area (Å²) in [6.45, 7) is 11.6. The Kier molecular flexibility index (Phi) is 3.75. The van der Waals surface area contributed by atoms with E-state index >= 15 is 0 Å². The number of nitrogens with one attached hydrogen (secondary N) is 1. The minimum absolute atomic E-state index is 0.709. The van der Waals surface area contributed by atoms with Crippen molar-refractivity contribution >= 4 is 11.8 Å². The van der Waals surface area contributed by atoms with E-state index in [4.69, 9.17) is 6.57 Å². The molecular formula is C12H14N2. The molecule has 0 spiro atoms. The number of allylic oxidation sites excluding steroid dienone is 1. The molecule has 0 saturated carbocycles. The van der Waals surface area contributed by atoms with Crippen LogP contribution in [0.2, 0.25) is 0 Å². The molecule has 14 heavy (non-hydrogen) atoms. The van der Waals surface area contributed by atoms with Crippen molar-refractivity contribution in [3.63, 3.8) is 0 Å². The molecule has 0 aromatic heterocycles. The van der Waals surface area contributed by atoms with Crippen LogP contribution in [0.5, 0.6) is 0 Å². The number of hydrogen-bond acceptors (Lipinski definition) is 1. The molecule has 0 amide bonds. The van der Waals surface area contributed by atoms with Gasteiger partial charge in [0.1, 0.15) is 0 Å². The quantitative estimate of drug-likeness (QED) is 0.715. The predicted molar refractivity (Wildman–Crippen MR) is 60.9 cm³/mol. The molecule has 0 fully saturated rings. The van der Waals surface area contributed by atoms with Gasteiger partial charge in [-0.3, -0.25) is 0 Å². The molecule has 0 unspecified atom stereocenters. The molecule has 0 aliphatic carbocycles. The van der Waals surface area contributed by atoms with Gasteiger partial charge in [-0.2, -0.15) is 0 Å². The highest BCUT2D eigenvalue weighted by Crippen LogP contribution is 2.12. The summed E-state index contributed by atoms with van der Waals surface area (Å²) in [6.07, 6.45) is 1.88. The molecule has 0 bridgehead atoms. The van der Waals surface area contributed by atoms with E-state index < -0.39 is 0 Å². The summed E-state index contributed by atoms with van der Waals surface area (Å²) in [7, 11) is 0. The van der Waals surface area contributed by atoms with E-state index in [2.05, 4.69) is 17.1 Å². The van der Waals surface area contributed by atoms with Gasteiger partial charge in [0.2, 0.25) is 0 Å². The third-order valence-corrected chi connectivity index (χ3v) is 1.84. The van der Waals surface area contributed by atoms with Crippen molar-refractivity contribution in [1.82, 2.24) is 0 Å². The van der Waals surface area contributed by atoms with Crippen LogP contribution in [0.1, 0.15) is 19.4 Å². The van der Waals surface area contributed by atoms with Crippen molar-refractivity contribution in [2.75, 3.05) is 11.9 Å². The van der Waals surface area contributed by atoms with Crippen molar-refractivity contribution in [2.24, 2.45) is 0 Å². The summed E-state index contributed by atoms with van der Waals surface area (Å²) in [5.74, 6) is 0. The Morgan fingerprint density at radius 3 is 2.57 bits per heavy atom. The molecule has 72 valence electrons. The fraction of sp³-hybridized carbons (Fsp3) is 0.250. The van der Waals surface area contributed by atoms with Gasteiger partial charge in [0, 0.05) is 12.2 Å². The van der Waals surface area contributed by atoms with Crippen molar-refractivity contribution in [1.29, 1.82) is 0 Å². The van der Waals surface area contributed by atoms with Gasteiger partial charge in [0.15, 0.2) is 5.70 Å². The van der Waals surface area contributed by atoms with Crippen molar-refractivity contribution in [3.8, 4) is 0 Å². The topological polar surface area (TPSA) is 16.4 Å². The largest absolute Gasteiger partial charge is 0.385 e. The molecule has 0 radical (unpaired) electrons. The second-order valence-corrected chi connectivity index (χ2v) is 3.05. The van der Waals surface area contributed by atoms with Crippen LogP contribution in [-0.2, 0) is 0 Å². The molecule has 0 aliphatic rings. The lowest BCUT2D eigenvalue weighted by molar-refractivity contribution is 1.21. The highest BCUT2D eigenvalue weighted by molar-refractivity contribution is 5.57. The maximum atomic E-state index is 6.81. The van der Waals surface area contributed by atoms with E-state index in [9.17, 15) is 0 Å². The summed E-state index contributed by atoms with van der Waals surface area (Å²) >= 11 is 0. The van der Waals surface area contributed by atoms with Crippen LogP contribution in [-0.4, -0.2) is 6.54 Å². The first-order chi connectivity index (χ1) is 6.76. The van der Waals surface area contributed by atoms with Gasteiger partial charge < -0.3 is 5.32 Å². The minimum atomic E-state index is 0.709. The first-order valence-corrected chi connectivity index (χ1v) is 4.66. The SMILES string of the molecule is [C-]#[N+]/C(C)=C\c1ccc(NCC)cc1. The highest BCUT2D eigenvalue weighted by Gasteiger charge is 1.91.